The maximum absolute atomic E-state index is 11.9. The minimum atomic E-state index is -5.12. The molecule has 17 heavy (non-hydrogen) atoms. The van der Waals surface area contributed by atoms with Gasteiger partial charge in [0.25, 0.3) is 0 Å². The van der Waals surface area contributed by atoms with Crippen LogP contribution >= 0.6 is 7.60 Å². The van der Waals surface area contributed by atoms with Crippen molar-refractivity contribution in [2.45, 2.75) is 12.4 Å². The number of hydrogen-bond acceptors (Lipinski definition) is 4. The molecule has 0 radical (unpaired) electrons. The lowest BCUT2D eigenvalue weighted by Gasteiger charge is -2.18. The molecule has 0 aromatic heterocycles. The fourth-order valence-corrected chi connectivity index (χ4v) is 1.82. The molecule has 0 saturated carbocycles. The first-order chi connectivity index (χ1) is 7.47. The van der Waals surface area contributed by atoms with Crippen LogP contribution in [0.5, 0.6) is 0 Å². The van der Waals surface area contributed by atoms with Gasteiger partial charge in [0.05, 0.1) is 0 Å². The lowest BCUT2D eigenvalue weighted by molar-refractivity contribution is -0.157. The minimum Gasteiger partial charge on any atom is -0.420 e. The van der Waals surface area contributed by atoms with Gasteiger partial charge in [-0.25, -0.2) is 9.36 Å². The molecule has 100 valence electrons. The highest BCUT2D eigenvalue weighted by Gasteiger charge is 2.44. The highest BCUT2D eigenvalue weighted by Crippen LogP contribution is 2.52. The number of rotatable bonds is 5. The Morgan fingerprint density at radius 3 is 2.00 bits per heavy atom. The molecule has 0 aliphatic rings. The van der Waals surface area contributed by atoms with Crippen LogP contribution in [0.15, 0.2) is 6.26 Å². The van der Waals surface area contributed by atoms with Crippen molar-refractivity contribution >= 4 is 13.5 Å². The van der Waals surface area contributed by atoms with E-state index in [1.807, 2.05) is 0 Å². The molecule has 0 amide bonds. The zero-order valence-corrected chi connectivity index (χ0v) is 8.73. The molecule has 1 unspecified atom stereocenters. The maximum atomic E-state index is 11.9. The fraction of sp³-hybridized carbons (Fsp3) is 0.667. The van der Waals surface area contributed by atoms with Gasteiger partial charge in [0.2, 0.25) is 0 Å². The van der Waals surface area contributed by atoms with Crippen LogP contribution in [-0.4, -0.2) is 31.1 Å². The highest BCUT2D eigenvalue weighted by molar-refractivity contribution is 7.54. The summed E-state index contributed by atoms with van der Waals surface area (Å²) in [5, 5.41) is 0. The van der Waals surface area contributed by atoms with E-state index in [0.717, 1.165) is 5.94 Å². The average molecular weight is 286 g/mol. The second-order valence-corrected chi connectivity index (χ2v) is 4.62. The van der Waals surface area contributed by atoms with Gasteiger partial charge in [-0.2, -0.15) is 26.3 Å². The third-order valence-corrected chi connectivity index (χ3v) is 2.75. The molecule has 0 aromatic carbocycles. The summed E-state index contributed by atoms with van der Waals surface area (Å²) < 4.78 is 89.1. The average Bonchev–Trinajstić information content (AvgIpc) is 2.08. The molecule has 0 aliphatic carbocycles. The van der Waals surface area contributed by atoms with Crippen LogP contribution in [0.4, 0.5) is 26.3 Å². The highest BCUT2D eigenvalue weighted by atomic mass is 31.2. The number of alkyl halides is 6. The fourth-order valence-electron chi connectivity index (χ4n) is 0.606. The lowest BCUT2D eigenvalue weighted by atomic mass is 10.7. The van der Waals surface area contributed by atoms with Gasteiger partial charge in [0.15, 0.2) is 25.0 Å². The van der Waals surface area contributed by atoms with Crippen molar-refractivity contribution in [2.24, 2.45) is 0 Å². The molecule has 0 spiro atoms. The van der Waals surface area contributed by atoms with E-state index >= 15 is 0 Å². The molecule has 11 heteroatoms. The second-order valence-electron chi connectivity index (χ2n) is 2.61. The Morgan fingerprint density at radius 1 is 1.12 bits per heavy atom. The van der Waals surface area contributed by atoms with E-state index in [9.17, 15) is 35.7 Å². The lowest BCUT2D eigenvalue weighted by Crippen LogP contribution is -2.21. The molecule has 0 heterocycles. The van der Waals surface area contributed by atoms with Gasteiger partial charge < -0.3 is 4.52 Å². The zero-order valence-electron chi connectivity index (χ0n) is 7.84. The van der Waals surface area contributed by atoms with Gasteiger partial charge in [0.1, 0.15) is 0 Å². The normalized spacial score (nSPS) is 15.9. The van der Waals surface area contributed by atoms with Crippen molar-refractivity contribution in [1.82, 2.24) is 0 Å². The molecule has 0 aliphatic heterocycles. The SMILES string of the molecule is O=C=COP(=O)(CC(F)(F)F)OCC(F)(F)F. The summed E-state index contributed by atoms with van der Waals surface area (Å²) in [5.74, 6) is 0.808. The maximum Gasteiger partial charge on any atom is 0.412 e. The smallest absolute Gasteiger partial charge is 0.412 e. The Hall–Kier alpha value is -0.980. The third-order valence-electron chi connectivity index (χ3n) is 1.06. The van der Waals surface area contributed by atoms with Gasteiger partial charge in [-0.05, 0) is 0 Å². The Bertz CT molecular complexity index is 341. The van der Waals surface area contributed by atoms with Crippen LogP contribution in [0.25, 0.3) is 0 Å². The molecule has 0 N–H and O–H groups in total. The summed E-state index contributed by atoms with van der Waals surface area (Å²) in [4.78, 5) is 9.63. The van der Waals surface area contributed by atoms with Crippen molar-refractivity contribution in [3.05, 3.63) is 6.26 Å². The van der Waals surface area contributed by atoms with E-state index in [-0.39, 0.29) is 6.26 Å². The van der Waals surface area contributed by atoms with Crippen molar-refractivity contribution in [3.63, 3.8) is 0 Å². The van der Waals surface area contributed by atoms with Gasteiger partial charge in [-0.15, -0.1) is 0 Å². The summed E-state index contributed by atoms with van der Waals surface area (Å²) in [7, 11) is -5.12. The number of halogens is 6. The largest absolute Gasteiger partial charge is 0.420 e. The van der Waals surface area contributed by atoms with Crippen LogP contribution in [0.3, 0.4) is 0 Å². The summed E-state index contributed by atoms with van der Waals surface area (Å²) in [6, 6.07) is 0. The summed E-state index contributed by atoms with van der Waals surface area (Å²) >= 11 is 0. The molecule has 1 atom stereocenters. The second kappa shape index (κ2) is 5.57. The van der Waals surface area contributed by atoms with Crippen LogP contribution < -0.4 is 0 Å². The van der Waals surface area contributed by atoms with E-state index < -0.39 is 32.7 Å². The van der Waals surface area contributed by atoms with E-state index in [1.54, 1.807) is 0 Å². The van der Waals surface area contributed by atoms with E-state index in [0.29, 0.717) is 0 Å². The summed E-state index contributed by atoms with van der Waals surface area (Å²) in [6.07, 6.45) is -12.4. The number of hydrogen-bond donors (Lipinski definition) is 0. The molecule has 0 saturated heterocycles. The quantitative estimate of drug-likeness (QED) is 0.337. The van der Waals surface area contributed by atoms with Gasteiger partial charge >= 0.3 is 19.9 Å². The monoisotopic (exact) mass is 286 g/mol. The van der Waals surface area contributed by atoms with Gasteiger partial charge in [0, 0.05) is 0 Å². The van der Waals surface area contributed by atoms with Crippen LogP contribution in [0, 0.1) is 0 Å². The molecule has 0 fully saturated rings. The Balaban J connectivity index is 4.73. The van der Waals surface area contributed by atoms with Crippen molar-refractivity contribution < 1.29 is 44.7 Å². The van der Waals surface area contributed by atoms with Crippen LogP contribution in [0.2, 0.25) is 0 Å². The molecule has 0 aromatic rings. The summed E-state index contributed by atoms with van der Waals surface area (Å²) in [5.41, 5.74) is 0. The minimum absolute atomic E-state index is 0.0944. The predicted octanol–water partition coefficient (Wildman–Crippen LogP) is 2.68. The Morgan fingerprint density at radius 2 is 1.65 bits per heavy atom. The van der Waals surface area contributed by atoms with E-state index in [4.69, 9.17) is 0 Å². The first-order valence-electron chi connectivity index (χ1n) is 3.72. The number of carbonyl (C=O) groups excluding carboxylic acids is 1. The topological polar surface area (TPSA) is 52.6 Å². The van der Waals surface area contributed by atoms with Crippen molar-refractivity contribution in [2.75, 3.05) is 12.8 Å². The predicted molar refractivity (Wildman–Crippen MR) is 41.9 cm³/mol. The van der Waals surface area contributed by atoms with Crippen LogP contribution in [-0.2, 0) is 18.4 Å². The van der Waals surface area contributed by atoms with Crippen LogP contribution in [0.1, 0.15) is 0 Å². The van der Waals surface area contributed by atoms with Crippen molar-refractivity contribution in [1.29, 1.82) is 0 Å². The first kappa shape index (κ1) is 16.0. The molecule has 0 bridgehead atoms. The zero-order chi connectivity index (χ0) is 13.7. The molecular formula is C6H5F6O4P. The molecule has 4 nitrogen and oxygen atoms in total. The Kier molecular flexibility index (Phi) is 5.25. The third kappa shape index (κ3) is 8.79. The van der Waals surface area contributed by atoms with E-state index in [1.165, 1.54) is 0 Å². The first-order valence-corrected chi connectivity index (χ1v) is 5.45. The molecular weight excluding hydrogens is 281 g/mol. The summed E-state index contributed by atoms with van der Waals surface area (Å²) in [6.45, 7) is -2.19. The van der Waals surface area contributed by atoms with E-state index in [2.05, 4.69) is 9.05 Å². The van der Waals surface area contributed by atoms with Gasteiger partial charge in [-0.3, -0.25) is 4.52 Å². The molecule has 0 rings (SSSR count). The Labute approximate surface area is 90.7 Å². The standard InChI is InChI=1S/C6H5F6O4P/c7-5(8,9)3-16-17(14,15-2-1-13)4-6(10,11)12/h2H,3-4H2. The van der Waals surface area contributed by atoms with Gasteiger partial charge in [-0.1, -0.05) is 0 Å². The van der Waals surface area contributed by atoms with Crippen molar-refractivity contribution in [3.8, 4) is 0 Å².